The summed E-state index contributed by atoms with van der Waals surface area (Å²) >= 11 is 5.75. The molecule has 0 aliphatic carbocycles. The molecule has 0 bridgehead atoms. The first kappa shape index (κ1) is 20.3. The number of esters is 1. The quantitative estimate of drug-likeness (QED) is 0.549. The molecule has 7 nitrogen and oxygen atoms in total. The zero-order valence-corrected chi connectivity index (χ0v) is 15.5. The van der Waals surface area contributed by atoms with Gasteiger partial charge in [0.2, 0.25) is 0 Å². The Hall–Kier alpha value is -3.06. The third kappa shape index (κ3) is 6.00. The molecule has 0 fully saturated rings. The van der Waals surface area contributed by atoms with Crippen LogP contribution in [0.4, 0.5) is 0 Å². The van der Waals surface area contributed by atoms with Crippen LogP contribution in [-0.2, 0) is 9.53 Å². The SMILES string of the molecule is COc1cc(OC)cc(C(=O)NCC(=O)OCC(=O)c2ccc(Cl)cc2)c1. The number of ketones is 1. The predicted molar refractivity (Wildman–Crippen MR) is 98.6 cm³/mol. The monoisotopic (exact) mass is 391 g/mol. The molecule has 1 amide bonds. The normalized spacial score (nSPS) is 10.0. The molecule has 0 unspecified atom stereocenters. The van der Waals surface area contributed by atoms with E-state index in [2.05, 4.69) is 5.32 Å². The highest BCUT2D eigenvalue weighted by Gasteiger charge is 2.13. The van der Waals surface area contributed by atoms with Gasteiger partial charge in [0.05, 0.1) is 14.2 Å². The van der Waals surface area contributed by atoms with Gasteiger partial charge in [-0.15, -0.1) is 0 Å². The Balaban J connectivity index is 1.85. The van der Waals surface area contributed by atoms with Crippen LogP contribution >= 0.6 is 11.6 Å². The lowest BCUT2D eigenvalue weighted by atomic mass is 10.1. The number of carbonyl (C=O) groups is 3. The van der Waals surface area contributed by atoms with Gasteiger partial charge in [-0.2, -0.15) is 0 Å². The highest BCUT2D eigenvalue weighted by molar-refractivity contribution is 6.30. The lowest BCUT2D eigenvalue weighted by Crippen LogP contribution is -2.31. The minimum Gasteiger partial charge on any atom is -0.497 e. The molecule has 0 saturated carbocycles. The van der Waals surface area contributed by atoms with Gasteiger partial charge in [0.25, 0.3) is 5.91 Å². The minimum absolute atomic E-state index is 0.260. The number of hydrogen-bond acceptors (Lipinski definition) is 6. The summed E-state index contributed by atoms with van der Waals surface area (Å²) in [5.74, 6) is -0.733. The van der Waals surface area contributed by atoms with Crippen LogP contribution in [0.25, 0.3) is 0 Å². The summed E-state index contributed by atoms with van der Waals surface area (Å²) in [7, 11) is 2.93. The lowest BCUT2D eigenvalue weighted by Gasteiger charge is -2.09. The van der Waals surface area contributed by atoms with Gasteiger partial charge in [-0.1, -0.05) is 11.6 Å². The second kappa shape index (κ2) is 9.59. The molecule has 2 aromatic carbocycles. The molecule has 0 aromatic heterocycles. The summed E-state index contributed by atoms with van der Waals surface area (Å²) in [4.78, 5) is 35.8. The third-order valence-electron chi connectivity index (χ3n) is 3.54. The zero-order valence-electron chi connectivity index (χ0n) is 14.8. The summed E-state index contributed by atoms with van der Waals surface area (Å²) in [5, 5.41) is 2.92. The van der Waals surface area contributed by atoms with Crippen LogP contribution in [0.15, 0.2) is 42.5 Å². The van der Waals surface area contributed by atoms with Gasteiger partial charge in [0.1, 0.15) is 18.0 Å². The van der Waals surface area contributed by atoms with Crippen LogP contribution in [0.2, 0.25) is 5.02 Å². The molecule has 0 saturated heterocycles. The molecule has 0 atom stereocenters. The van der Waals surface area contributed by atoms with Crippen molar-refractivity contribution in [3.8, 4) is 11.5 Å². The number of amides is 1. The highest BCUT2D eigenvalue weighted by atomic mass is 35.5. The average Bonchev–Trinajstić information content (AvgIpc) is 2.70. The zero-order chi connectivity index (χ0) is 19.8. The smallest absolute Gasteiger partial charge is 0.325 e. The van der Waals surface area contributed by atoms with Crippen molar-refractivity contribution in [1.82, 2.24) is 5.32 Å². The van der Waals surface area contributed by atoms with Crippen LogP contribution < -0.4 is 14.8 Å². The van der Waals surface area contributed by atoms with E-state index in [-0.39, 0.29) is 17.9 Å². The molecule has 0 aliphatic rings. The Bertz CT molecular complexity index is 812. The topological polar surface area (TPSA) is 90.9 Å². The largest absolute Gasteiger partial charge is 0.497 e. The number of nitrogens with one attached hydrogen (secondary N) is 1. The molecular formula is C19H18ClNO6. The van der Waals surface area contributed by atoms with Crippen LogP contribution in [0.5, 0.6) is 11.5 Å². The summed E-state index contributed by atoms with van der Waals surface area (Å²) in [6.07, 6.45) is 0. The standard InChI is InChI=1S/C19H18ClNO6/c1-25-15-7-13(8-16(9-15)26-2)19(24)21-10-18(23)27-11-17(22)12-3-5-14(20)6-4-12/h3-9H,10-11H2,1-2H3,(H,21,24). The first-order valence-corrected chi connectivity index (χ1v) is 8.26. The summed E-state index contributed by atoms with van der Waals surface area (Å²) in [6.45, 7) is -0.810. The summed E-state index contributed by atoms with van der Waals surface area (Å²) in [6, 6.07) is 10.8. The van der Waals surface area contributed by atoms with Crippen molar-refractivity contribution in [1.29, 1.82) is 0 Å². The summed E-state index contributed by atoms with van der Waals surface area (Å²) < 4.78 is 15.1. The molecule has 0 aliphatic heterocycles. The molecule has 2 aromatic rings. The van der Waals surface area contributed by atoms with E-state index in [1.54, 1.807) is 18.2 Å². The Kier molecular flexibility index (Phi) is 7.19. The van der Waals surface area contributed by atoms with E-state index in [1.165, 1.54) is 38.5 Å². The molecule has 0 heterocycles. The van der Waals surface area contributed by atoms with E-state index in [0.717, 1.165) is 0 Å². The molecule has 142 valence electrons. The van der Waals surface area contributed by atoms with Crippen LogP contribution in [0.3, 0.4) is 0 Å². The van der Waals surface area contributed by atoms with Crippen molar-refractivity contribution in [3.63, 3.8) is 0 Å². The maximum Gasteiger partial charge on any atom is 0.325 e. The second-order valence-electron chi connectivity index (χ2n) is 5.37. The highest BCUT2D eigenvalue weighted by Crippen LogP contribution is 2.22. The Labute approximate surface area is 161 Å². The number of hydrogen-bond donors (Lipinski definition) is 1. The Morgan fingerprint density at radius 2 is 1.52 bits per heavy atom. The van der Waals surface area contributed by atoms with E-state index in [0.29, 0.717) is 22.1 Å². The number of ether oxygens (including phenoxy) is 3. The van der Waals surface area contributed by atoms with Crippen molar-refractivity contribution in [2.45, 2.75) is 0 Å². The maximum absolute atomic E-state index is 12.2. The second-order valence-corrected chi connectivity index (χ2v) is 5.81. The van der Waals surface area contributed by atoms with E-state index in [1.807, 2.05) is 0 Å². The van der Waals surface area contributed by atoms with Gasteiger partial charge >= 0.3 is 5.97 Å². The molecular weight excluding hydrogens is 374 g/mol. The maximum atomic E-state index is 12.2. The predicted octanol–water partition coefficient (Wildman–Crippen LogP) is 2.51. The first-order valence-electron chi connectivity index (χ1n) is 7.88. The van der Waals surface area contributed by atoms with Crippen LogP contribution in [0.1, 0.15) is 20.7 Å². The number of carbonyl (C=O) groups excluding carboxylic acids is 3. The molecule has 0 spiro atoms. The van der Waals surface area contributed by atoms with Crippen molar-refractivity contribution in [2.24, 2.45) is 0 Å². The number of Topliss-reactive ketones (excluding diaryl/α,β-unsaturated/α-hetero) is 1. The van der Waals surface area contributed by atoms with Gasteiger partial charge in [0.15, 0.2) is 12.4 Å². The van der Waals surface area contributed by atoms with Crippen molar-refractivity contribution in [3.05, 3.63) is 58.6 Å². The van der Waals surface area contributed by atoms with Gasteiger partial charge in [-0.3, -0.25) is 14.4 Å². The Morgan fingerprint density at radius 1 is 0.926 bits per heavy atom. The van der Waals surface area contributed by atoms with Gasteiger partial charge < -0.3 is 19.5 Å². The van der Waals surface area contributed by atoms with Crippen LogP contribution in [-0.4, -0.2) is 45.0 Å². The fourth-order valence-electron chi connectivity index (χ4n) is 2.11. The van der Waals surface area contributed by atoms with E-state index in [4.69, 9.17) is 25.8 Å². The van der Waals surface area contributed by atoms with Crippen LogP contribution in [0, 0.1) is 0 Å². The van der Waals surface area contributed by atoms with Gasteiger partial charge in [-0.25, -0.2) is 0 Å². The number of benzene rings is 2. The van der Waals surface area contributed by atoms with Gasteiger partial charge in [0, 0.05) is 22.2 Å². The average molecular weight is 392 g/mol. The fraction of sp³-hybridized carbons (Fsp3) is 0.211. The summed E-state index contributed by atoms with van der Waals surface area (Å²) in [5.41, 5.74) is 0.635. The van der Waals surface area contributed by atoms with E-state index < -0.39 is 18.5 Å². The molecule has 0 radical (unpaired) electrons. The number of rotatable bonds is 8. The Morgan fingerprint density at radius 3 is 2.07 bits per heavy atom. The van der Waals surface area contributed by atoms with Crippen molar-refractivity contribution < 1.29 is 28.6 Å². The van der Waals surface area contributed by atoms with Crippen molar-refractivity contribution in [2.75, 3.05) is 27.4 Å². The lowest BCUT2D eigenvalue weighted by molar-refractivity contribution is -0.141. The number of halogens is 1. The van der Waals surface area contributed by atoms with E-state index in [9.17, 15) is 14.4 Å². The first-order chi connectivity index (χ1) is 12.9. The van der Waals surface area contributed by atoms with Crippen molar-refractivity contribution >= 4 is 29.3 Å². The molecule has 27 heavy (non-hydrogen) atoms. The molecule has 2 rings (SSSR count). The minimum atomic E-state index is -0.736. The van der Waals surface area contributed by atoms with E-state index >= 15 is 0 Å². The molecule has 1 N–H and O–H groups in total. The van der Waals surface area contributed by atoms with Gasteiger partial charge in [-0.05, 0) is 36.4 Å². The molecule has 8 heteroatoms. The number of methoxy groups -OCH3 is 2. The third-order valence-corrected chi connectivity index (χ3v) is 3.79. The fourth-order valence-corrected chi connectivity index (χ4v) is 2.24.